The van der Waals surface area contributed by atoms with Gasteiger partial charge in [-0.1, -0.05) is 20.8 Å². The Morgan fingerprint density at radius 3 is 2.83 bits per heavy atom. The Kier molecular flexibility index (Phi) is 4.17. The number of aromatic nitrogens is 2. The Balaban J connectivity index is 2.07. The molecule has 0 aliphatic heterocycles. The van der Waals surface area contributed by atoms with Crippen LogP contribution in [-0.4, -0.2) is 16.0 Å². The van der Waals surface area contributed by atoms with E-state index in [2.05, 4.69) is 36.1 Å². The zero-order chi connectivity index (χ0) is 13.1. The van der Waals surface area contributed by atoms with Gasteiger partial charge in [0.05, 0.1) is 0 Å². The molecule has 4 heteroatoms. The van der Waals surface area contributed by atoms with Crippen molar-refractivity contribution >= 4 is 0 Å². The minimum atomic E-state index is 0.00713. The van der Waals surface area contributed by atoms with E-state index < -0.39 is 0 Å². The van der Waals surface area contributed by atoms with Gasteiger partial charge in [0.1, 0.15) is 5.82 Å². The van der Waals surface area contributed by atoms with Gasteiger partial charge in [-0.2, -0.15) is 0 Å². The second-order valence-corrected chi connectivity index (χ2v) is 5.77. The summed E-state index contributed by atoms with van der Waals surface area (Å²) in [4.78, 5) is 19.3. The summed E-state index contributed by atoms with van der Waals surface area (Å²) >= 11 is 0. The van der Waals surface area contributed by atoms with Crippen LogP contribution in [-0.2, 0) is 6.54 Å². The van der Waals surface area contributed by atoms with Crippen LogP contribution < -0.4 is 10.9 Å². The maximum atomic E-state index is 12.0. The average Bonchev–Trinajstić information content (AvgIpc) is 2.74. The van der Waals surface area contributed by atoms with Crippen LogP contribution in [0.3, 0.4) is 0 Å². The fourth-order valence-electron chi connectivity index (χ4n) is 2.54. The molecule has 0 spiro atoms. The average molecular weight is 249 g/mol. The van der Waals surface area contributed by atoms with Crippen molar-refractivity contribution in [2.45, 2.75) is 58.5 Å². The molecule has 4 nitrogen and oxygen atoms in total. The number of H-pyrrole nitrogens is 1. The van der Waals surface area contributed by atoms with Crippen molar-refractivity contribution in [1.29, 1.82) is 0 Å². The molecule has 18 heavy (non-hydrogen) atoms. The molecule has 1 aliphatic carbocycles. The van der Waals surface area contributed by atoms with E-state index in [0.717, 1.165) is 30.1 Å². The van der Waals surface area contributed by atoms with E-state index in [9.17, 15) is 4.79 Å². The summed E-state index contributed by atoms with van der Waals surface area (Å²) in [6, 6.07) is 0.375. The number of nitrogens with one attached hydrogen (secondary N) is 2. The van der Waals surface area contributed by atoms with Crippen molar-refractivity contribution in [1.82, 2.24) is 15.3 Å². The molecule has 2 N–H and O–H groups in total. The largest absolute Gasteiger partial charge is 0.310 e. The van der Waals surface area contributed by atoms with Crippen molar-refractivity contribution in [2.75, 3.05) is 0 Å². The topological polar surface area (TPSA) is 57.8 Å². The first-order valence-corrected chi connectivity index (χ1v) is 6.87. The predicted molar refractivity (Wildman–Crippen MR) is 72.6 cm³/mol. The first-order chi connectivity index (χ1) is 8.56. The summed E-state index contributed by atoms with van der Waals surface area (Å²) in [5.74, 6) is 2.07. The van der Waals surface area contributed by atoms with Crippen LogP contribution >= 0.6 is 0 Å². The van der Waals surface area contributed by atoms with E-state index in [4.69, 9.17) is 0 Å². The molecule has 1 saturated carbocycles. The highest BCUT2D eigenvalue weighted by Gasteiger charge is 2.24. The van der Waals surface area contributed by atoms with E-state index in [-0.39, 0.29) is 5.56 Å². The lowest BCUT2D eigenvalue weighted by Crippen LogP contribution is -2.27. The van der Waals surface area contributed by atoms with Gasteiger partial charge in [0.25, 0.3) is 5.56 Å². The maximum absolute atomic E-state index is 12.0. The number of nitrogens with zero attached hydrogens (tertiary/aromatic N) is 1. The fraction of sp³-hybridized carbons (Fsp3) is 0.714. The highest BCUT2D eigenvalue weighted by molar-refractivity contribution is 5.09. The highest BCUT2D eigenvalue weighted by atomic mass is 16.1. The third-order valence-corrected chi connectivity index (χ3v) is 3.67. The minimum absolute atomic E-state index is 0.00713. The van der Waals surface area contributed by atoms with E-state index in [1.165, 1.54) is 6.42 Å². The smallest absolute Gasteiger partial charge is 0.255 e. The summed E-state index contributed by atoms with van der Waals surface area (Å²) in [6.07, 6.45) is 5.26. The number of hydrogen-bond acceptors (Lipinski definition) is 3. The van der Waals surface area contributed by atoms with Crippen molar-refractivity contribution in [3.8, 4) is 0 Å². The molecule has 2 atom stereocenters. The first-order valence-electron chi connectivity index (χ1n) is 6.87. The van der Waals surface area contributed by atoms with Crippen LogP contribution in [0.1, 0.15) is 57.3 Å². The summed E-state index contributed by atoms with van der Waals surface area (Å²) in [5, 5.41) is 3.24. The van der Waals surface area contributed by atoms with Crippen LogP contribution in [0.5, 0.6) is 0 Å². The lowest BCUT2D eigenvalue weighted by Gasteiger charge is -2.10. The molecule has 2 unspecified atom stereocenters. The molecular weight excluding hydrogens is 226 g/mol. The van der Waals surface area contributed by atoms with E-state index >= 15 is 0 Å². The second-order valence-electron chi connectivity index (χ2n) is 5.77. The molecule has 1 aliphatic rings. The fourth-order valence-corrected chi connectivity index (χ4v) is 2.54. The molecule has 1 heterocycles. The van der Waals surface area contributed by atoms with Gasteiger partial charge >= 0.3 is 0 Å². The Morgan fingerprint density at radius 1 is 1.50 bits per heavy atom. The molecule has 1 fully saturated rings. The monoisotopic (exact) mass is 249 g/mol. The van der Waals surface area contributed by atoms with Crippen LogP contribution in [0.15, 0.2) is 11.0 Å². The van der Waals surface area contributed by atoms with Crippen LogP contribution in [0.25, 0.3) is 0 Å². The van der Waals surface area contributed by atoms with Crippen LogP contribution in [0.2, 0.25) is 0 Å². The van der Waals surface area contributed by atoms with Crippen molar-refractivity contribution in [3.05, 3.63) is 27.9 Å². The zero-order valence-electron chi connectivity index (χ0n) is 11.5. The molecule has 0 amide bonds. The molecule has 0 radical (unpaired) electrons. The lowest BCUT2D eigenvalue weighted by molar-refractivity contribution is 0.573. The molecule has 0 aromatic carbocycles. The van der Waals surface area contributed by atoms with Gasteiger partial charge in [-0.15, -0.1) is 0 Å². The van der Waals surface area contributed by atoms with Gasteiger partial charge in [0.15, 0.2) is 0 Å². The summed E-state index contributed by atoms with van der Waals surface area (Å²) in [6.45, 7) is 6.98. The van der Waals surface area contributed by atoms with E-state index in [1.54, 1.807) is 6.20 Å². The Morgan fingerprint density at radius 2 is 2.28 bits per heavy atom. The number of rotatable bonds is 4. The lowest BCUT2D eigenvalue weighted by atomic mass is 10.1. The third-order valence-electron chi connectivity index (χ3n) is 3.67. The molecule has 100 valence electrons. The molecule has 1 aromatic heterocycles. The van der Waals surface area contributed by atoms with E-state index in [0.29, 0.717) is 18.5 Å². The SMILES string of the molecule is CC1CCC(c2ncc(CNC(C)C)c(=O)[nH]2)C1. The van der Waals surface area contributed by atoms with Gasteiger partial charge in [-0.25, -0.2) is 4.98 Å². The highest BCUT2D eigenvalue weighted by Crippen LogP contribution is 2.35. The normalized spacial score (nSPS) is 23.8. The van der Waals surface area contributed by atoms with Crippen molar-refractivity contribution in [3.63, 3.8) is 0 Å². The van der Waals surface area contributed by atoms with Gasteiger partial charge in [0.2, 0.25) is 0 Å². The quantitative estimate of drug-likeness (QED) is 0.860. The molecule has 0 saturated heterocycles. The van der Waals surface area contributed by atoms with Crippen molar-refractivity contribution < 1.29 is 0 Å². The molecule has 2 rings (SSSR count). The minimum Gasteiger partial charge on any atom is -0.310 e. The standard InChI is InChI=1S/C14H23N3O/c1-9(2)15-7-12-8-16-13(17-14(12)18)11-5-4-10(3)6-11/h8-11,15H,4-7H2,1-3H3,(H,16,17,18). The van der Waals surface area contributed by atoms with Crippen LogP contribution in [0, 0.1) is 5.92 Å². The number of hydrogen-bond donors (Lipinski definition) is 2. The van der Waals surface area contributed by atoms with Crippen LogP contribution in [0.4, 0.5) is 0 Å². The molecule has 0 bridgehead atoms. The first kappa shape index (κ1) is 13.3. The summed E-state index contributed by atoms with van der Waals surface area (Å²) in [5.41, 5.74) is 0.728. The van der Waals surface area contributed by atoms with Gasteiger partial charge in [-0.05, 0) is 25.2 Å². The van der Waals surface area contributed by atoms with Crippen molar-refractivity contribution in [2.24, 2.45) is 5.92 Å². The Bertz CT molecular complexity index is 453. The summed E-state index contributed by atoms with van der Waals surface area (Å²) < 4.78 is 0. The van der Waals surface area contributed by atoms with Gasteiger partial charge < -0.3 is 10.3 Å². The maximum Gasteiger partial charge on any atom is 0.255 e. The predicted octanol–water partition coefficient (Wildman–Crippen LogP) is 2.17. The van der Waals surface area contributed by atoms with Gasteiger partial charge in [-0.3, -0.25) is 4.79 Å². The number of aromatic amines is 1. The molecule has 1 aromatic rings. The Labute approximate surface area is 108 Å². The second kappa shape index (κ2) is 5.65. The third kappa shape index (κ3) is 3.19. The molecular formula is C14H23N3O. The summed E-state index contributed by atoms with van der Waals surface area (Å²) in [7, 11) is 0. The Hall–Kier alpha value is -1.16. The zero-order valence-corrected chi connectivity index (χ0v) is 11.5. The van der Waals surface area contributed by atoms with Gasteiger partial charge in [0, 0.05) is 30.3 Å². The van der Waals surface area contributed by atoms with E-state index in [1.807, 2.05) is 0 Å².